The SMILES string of the molecule is C[C@H](N)C(=O)NC(=O)c1nccc(OCC(F)(F)F)c1O. The van der Waals surface area contributed by atoms with Crippen molar-refractivity contribution in [2.75, 3.05) is 6.61 Å². The number of rotatable bonds is 4. The number of aromatic nitrogens is 1. The molecule has 1 rings (SSSR count). The van der Waals surface area contributed by atoms with E-state index < -0.39 is 47.8 Å². The summed E-state index contributed by atoms with van der Waals surface area (Å²) in [4.78, 5) is 26.4. The predicted molar refractivity (Wildman–Crippen MR) is 63.6 cm³/mol. The third-order valence-electron chi connectivity index (χ3n) is 2.14. The van der Waals surface area contributed by atoms with Crippen LogP contribution in [0.4, 0.5) is 13.2 Å². The largest absolute Gasteiger partial charge is 0.503 e. The fraction of sp³-hybridized carbons (Fsp3) is 0.364. The van der Waals surface area contributed by atoms with E-state index in [9.17, 15) is 27.9 Å². The standard InChI is InChI=1S/C11H12F3N3O4/c1-5(15)9(19)17-10(20)7-8(18)6(2-3-16-7)21-4-11(12,13)14/h2-3,5,18H,4,15H2,1H3,(H,17,19,20)/t5-/m0/s1. The van der Waals surface area contributed by atoms with Gasteiger partial charge in [-0.15, -0.1) is 0 Å². The maximum absolute atomic E-state index is 12.0. The van der Waals surface area contributed by atoms with Crippen LogP contribution in [0.15, 0.2) is 12.3 Å². The fourth-order valence-electron chi connectivity index (χ4n) is 1.16. The van der Waals surface area contributed by atoms with Crippen LogP contribution >= 0.6 is 0 Å². The molecule has 1 aromatic heterocycles. The van der Waals surface area contributed by atoms with Gasteiger partial charge in [0, 0.05) is 12.3 Å². The number of hydrogen-bond acceptors (Lipinski definition) is 6. The van der Waals surface area contributed by atoms with Gasteiger partial charge in [0.1, 0.15) is 0 Å². The number of aromatic hydroxyl groups is 1. The first kappa shape index (κ1) is 16.7. The number of carbonyl (C=O) groups excluding carboxylic acids is 2. The van der Waals surface area contributed by atoms with E-state index in [1.54, 1.807) is 0 Å². The zero-order valence-electron chi connectivity index (χ0n) is 10.8. The van der Waals surface area contributed by atoms with Crippen LogP contribution in [0.3, 0.4) is 0 Å². The van der Waals surface area contributed by atoms with Crippen molar-refractivity contribution in [2.45, 2.75) is 19.1 Å². The number of nitrogens with zero attached hydrogens (tertiary/aromatic N) is 1. The Kier molecular flexibility index (Phi) is 5.08. The lowest BCUT2D eigenvalue weighted by molar-refractivity contribution is -0.153. The number of halogens is 3. The number of amides is 2. The molecule has 2 amide bonds. The number of carbonyl (C=O) groups is 2. The second-order valence-electron chi connectivity index (χ2n) is 4.02. The summed E-state index contributed by atoms with van der Waals surface area (Å²) in [6.45, 7) is -0.330. The van der Waals surface area contributed by atoms with E-state index in [4.69, 9.17) is 5.73 Å². The third-order valence-corrected chi connectivity index (χ3v) is 2.14. The van der Waals surface area contributed by atoms with Crippen molar-refractivity contribution in [2.24, 2.45) is 5.73 Å². The molecule has 4 N–H and O–H groups in total. The van der Waals surface area contributed by atoms with Crippen molar-refractivity contribution in [1.29, 1.82) is 0 Å². The van der Waals surface area contributed by atoms with Crippen molar-refractivity contribution in [3.05, 3.63) is 18.0 Å². The molecule has 0 spiro atoms. The molecule has 116 valence electrons. The Balaban J connectivity index is 2.90. The van der Waals surface area contributed by atoms with Gasteiger partial charge in [-0.25, -0.2) is 4.98 Å². The average molecular weight is 307 g/mol. The van der Waals surface area contributed by atoms with Gasteiger partial charge in [0.05, 0.1) is 6.04 Å². The zero-order valence-corrected chi connectivity index (χ0v) is 10.8. The molecule has 0 fully saturated rings. The van der Waals surface area contributed by atoms with E-state index in [2.05, 4.69) is 9.72 Å². The fourth-order valence-corrected chi connectivity index (χ4v) is 1.16. The number of imide groups is 1. The van der Waals surface area contributed by atoms with Crippen molar-refractivity contribution >= 4 is 11.8 Å². The molecule has 10 heteroatoms. The minimum atomic E-state index is -4.61. The first-order valence-corrected chi connectivity index (χ1v) is 5.60. The van der Waals surface area contributed by atoms with E-state index in [0.29, 0.717) is 0 Å². The Morgan fingerprint density at radius 1 is 1.52 bits per heavy atom. The lowest BCUT2D eigenvalue weighted by Gasteiger charge is -2.12. The highest BCUT2D eigenvalue weighted by atomic mass is 19.4. The summed E-state index contributed by atoms with van der Waals surface area (Å²) in [6, 6.07) is -0.0358. The van der Waals surface area contributed by atoms with Crippen LogP contribution < -0.4 is 15.8 Å². The number of hydrogen-bond donors (Lipinski definition) is 3. The lowest BCUT2D eigenvalue weighted by Crippen LogP contribution is -2.41. The molecule has 0 aliphatic heterocycles. The van der Waals surface area contributed by atoms with Crippen molar-refractivity contribution in [3.8, 4) is 11.5 Å². The summed E-state index contributed by atoms with van der Waals surface area (Å²) in [5.41, 5.74) is 4.58. The predicted octanol–water partition coefficient (Wildman–Crippen LogP) is 0.332. The summed E-state index contributed by atoms with van der Waals surface area (Å²) in [5.74, 6) is -3.42. The number of nitrogens with two attached hydrogens (primary N) is 1. The molecule has 1 heterocycles. The van der Waals surface area contributed by atoms with Gasteiger partial charge in [-0.2, -0.15) is 13.2 Å². The first-order chi connectivity index (χ1) is 9.61. The van der Waals surface area contributed by atoms with Crippen LogP contribution in [0.5, 0.6) is 11.5 Å². The molecule has 0 saturated carbocycles. The molecule has 0 saturated heterocycles. The molecule has 7 nitrogen and oxygen atoms in total. The number of pyridine rings is 1. The number of alkyl halides is 3. The molecule has 0 bridgehead atoms. The first-order valence-electron chi connectivity index (χ1n) is 5.60. The Labute approximate surface area is 116 Å². The molecule has 0 radical (unpaired) electrons. The highest BCUT2D eigenvalue weighted by molar-refractivity contribution is 6.06. The van der Waals surface area contributed by atoms with Gasteiger partial charge < -0.3 is 15.6 Å². The summed E-state index contributed by atoms with van der Waals surface area (Å²) in [6.07, 6.45) is -3.65. The Bertz CT molecular complexity index is 546. The van der Waals surface area contributed by atoms with Gasteiger partial charge in [0.15, 0.2) is 23.8 Å². The van der Waals surface area contributed by atoms with Gasteiger partial charge in [0.2, 0.25) is 5.91 Å². The molecule has 1 aromatic rings. The summed E-state index contributed by atoms with van der Waals surface area (Å²) in [5, 5.41) is 11.5. The summed E-state index contributed by atoms with van der Waals surface area (Å²) < 4.78 is 40.4. The highest BCUT2D eigenvalue weighted by Gasteiger charge is 2.29. The van der Waals surface area contributed by atoms with Gasteiger partial charge >= 0.3 is 6.18 Å². The molecule has 0 unspecified atom stereocenters. The van der Waals surface area contributed by atoms with Gasteiger partial charge in [-0.3, -0.25) is 14.9 Å². The molecule has 0 aromatic carbocycles. The Morgan fingerprint density at radius 2 is 2.14 bits per heavy atom. The smallest absolute Gasteiger partial charge is 0.422 e. The zero-order chi connectivity index (χ0) is 16.2. The molecular weight excluding hydrogens is 295 g/mol. The topological polar surface area (TPSA) is 115 Å². The van der Waals surface area contributed by atoms with Gasteiger partial charge in [0.25, 0.3) is 5.91 Å². The number of ether oxygens (including phenoxy) is 1. The molecule has 1 atom stereocenters. The van der Waals surface area contributed by atoms with Crippen molar-refractivity contribution < 1.29 is 32.6 Å². The van der Waals surface area contributed by atoms with E-state index >= 15 is 0 Å². The third kappa shape index (κ3) is 4.91. The van der Waals surface area contributed by atoms with Gasteiger partial charge in [-0.05, 0) is 6.92 Å². The van der Waals surface area contributed by atoms with Crippen molar-refractivity contribution in [1.82, 2.24) is 10.3 Å². The van der Waals surface area contributed by atoms with Crippen LogP contribution in [-0.2, 0) is 4.79 Å². The van der Waals surface area contributed by atoms with Crippen LogP contribution in [0.25, 0.3) is 0 Å². The quantitative estimate of drug-likeness (QED) is 0.738. The van der Waals surface area contributed by atoms with Crippen LogP contribution in [0.1, 0.15) is 17.4 Å². The molecule has 0 aliphatic rings. The van der Waals surface area contributed by atoms with E-state index in [1.807, 2.05) is 5.32 Å². The maximum Gasteiger partial charge on any atom is 0.422 e. The molecule has 0 aliphatic carbocycles. The van der Waals surface area contributed by atoms with E-state index in [-0.39, 0.29) is 0 Å². The number of nitrogens with one attached hydrogen (secondary N) is 1. The maximum atomic E-state index is 12.0. The molecule has 21 heavy (non-hydrogen) atoms. The normalized spacial score (nSPS) is 12.6. The van der Waals surface area contributed by atoms with Crippen LogP contribution in [0, 0.1) is 0 Å². The van der Waals surface area contributed by atoms with E-state index in [1.165, 1.54) is 6.92 Å². The summed E-state index contributed by atoms with van der Waals surface area (Å²) >= 11 is 0. The minimum absolute atomic E-state index is 0.583. The van der Waals surface area contributed by atoms with E-state index in [0.717, 1.165) is 12.3 Å². The van der Waals surface area contributed by atoms with Crippen molar-refractivity contribution in [3.63, 3.8) is 0 Å². The monoisotopic (exact) mass is 307 g/mol. The second kappa shape index (κ2) is 6.39. The highest BCUT2D eigenvalue weighted by Crippen LogP contribution is 2.29. The van der Waals surface area contributed by atoms with Crippen LogP contribution in [-0.4, -0.2) is 40.7 Å². The van der Waals surface area contributed by atoms with Crippen LogP contribution in [0.2, 0.25) is 0 Å². The molecular formula is C11H12F3N3O4. The average Bonchev–Trinajstić information content (AvgIpc) is 2.36. The summed E-state index contributed by atoms with van der Waals surface area (Å²) in [7, 11) is 0. The Morgan fingerprint density at radius 3 is 2.67 bits per heavy atom. The second-order valence-corrected chi connectivity index (χ2v) is 4.02. The minimum Gasteiger partial charge on any atom is -0.503 e. The lowest BCUT2D eigenvalue weighted by atomic mass is 10.2. The van der Waals surface area contributed by atoms with Gasteiger partial charge in [-0.1, -0.05) is 0 Å². The Hall–Kier alpha value is -2.36.